The van der Waals surface area contributed by atoms with Gasteiger partial charge in [0.2, 0.25) is 0 Å². The number of ketones is 1. The van der Waals surface area contributed by atoms with Gasteiger partial charge in [-0.2, -0.15) is 0 Å². The molecule has 0 aliphatic carbocycles. The summed E-state index contributed by atoms with van der Waals surface area (Å²) in [4.78, 5) is 11.1. The minimum absolute atomic E-state index is 0.161. The molecule has 0 aliphatic rings. The van der Waals surface area contributed by atoms with E-state index in [1.54, 1.807) is 14.0 Å². The van der Waals surface area contributed by atoms with Crippen molar-refractivity contribution in [2.24, 2.45) is 0 Å². The first-order chi connectivity index (χ1) is 18.7. The van der Waals surface area contributed by atoms with Crippen molar-refractivity contribution in [2.45, 2.75) is 200 Å². The van der Waals surface area contributed by atoms with E-state index >= 15 is 0 Å². The summed E-state index contributed by atoms with van der Waals surface area (Å²) in [5.74, 6) is 0.161. The Morgan fingerprint density at radius 1 is 0.421 bits per heavy atom. The molecule has 38 heavy (non-hydrogen) atoms. The maximum absolute atomic E-state index is 11.1. The van der Waals surface area contributed by atoms with Crippen LogP contribution in [0.1, 0.15) is 200 Å². The fourth-order valence-electron chi connectivity index (χ4n) is 5.53. The van der Waals surface area contributed by atoms with Gasteiger partial charge in [-0.3, -0.25) is 4.79 Å². The summed E-state index contributed by atoms with van der Waals surface area (Å²) in [5, 5.41) is 0. The maximum Gasteiger partial charge on any atom is 0.155 e. The molecule has 0 fully saturated rings. The molecule has 0 aliphatic heterocycles. The van der Waals surface area contributed by atoms with Gasteiger partial charge in [-0.15, -0.1) is 0 Å². The Morgan fingerprint density at radius 3 is 0.842 bits per heavy atom. The number of ether oxygens (including phenoxy) is 1. The normalized spacial score (nSPS) is 11.3. The lowest BCUT2D eigenvalue weighted by Gasteiger charge is -2.05. The Morgan fingerprint density at radius 2 is 0.632 bits per heavy atom. The van der Waals surface area contributed by atoms with Crippen molar-refractivity contribution in [2.75, 3.05) is 13.7 Å². The lowest BCUT2D eigenvalue weighted by atomic mass is 10.0. The van der Waals surface area contributed by atoms with Gasteiger partial charge in [0, 0.05) is 13.7 Å². The molecule has 0 atom stereocenters. The van der Waals surface area contributed by atoms with Gasteiger partial charge in [-0.1, -0.05) is 180 Å². The second kappa shape index (κ2) is 32.6. The first-order valence-corrected chi connectivity index (χ1v) is 17.4. The lowest BCUT2D eigenvalue weighted by molar-refractivity contribution is -0.113. The van der Waals surface area contributed by atoms with Crippen molar-refractivity contribution >= 4 is 5.78 Å². The number of Topliss-reactive ketones (excluding diaryl/α,β-unsaturated/α-hetero) is 1. The van der Waals surface area contributed by atoms with Crippen LogP contribution in [-0.2, 0) is 9.53 Å². The number of carbonyl (C=O) groups excluding carboxylic acids is 1. The predicted octanol–water partition coefficient (Wildman–Crippen LogP) is 12.5. The van der Waals surface area contributed by atoms with E-state index in [1.165, 1.54) is 180 Å². The number of unbranched alkanes of at least 4 members (excludes halogenated alkanes) is 28. The average molecular weight is 535 g/mol. The summed E-state index contributed by atoms with van der Waals surface area (Å²) in [7, 11) is 1.80. The quantitative estimate of drug-likeness (QED) is 0.0618. The molecule has 2 heteroatoms. The van der Waals surface area contributed by atoms with Crippen molar-refractivity contribution in [1.82, 2.24) is 0 Å². The van der Waals surface area contributed by atoms with Crippen molar-refractivity contribution in [3.8, 4) is 0 Å². The molecular formula is C36H70O2. The molecule has 0 heterocycles. The fraction of sp³-hybridized carbons (Fsp3) is 0.917. The Labute approximate surface area is 240 Å². The van der Waals surface area contributed by atoms with Crippen molar-refractivity contribution in [3.63, 3.8) is 0 Å². The highest BCUT2D eigenvalue weighted by molar-refractivity contribution is 5.92. The number of hydrogen-bond donors (Lipinski definition) is 0. The molecule has 0 saturated carbocycles. The maximum atomic E-state index is 11.1. The van der Waals surface area contributed by atoms with E-state index in [-0.39, 0.29) is 5.78 Å². The van der Waals surface area contributed by atoms with Crippen LogP contribution >= 0.6 is 0 Å². The molecule has 0 N–H and O–H groups in total. The Kier molecular flexibility index (Phi) is 32.0. The molecule has 0 aromatic heterocycles. The van der Waals surface area contributed by atoms with E-state index in [0.717, 1.165) is 25.0 Å². The molecule has 0 bridgehead atoms. The zero-order valence-electron chi connectivity index (χ0n) is 26.4. The summed E-state index contributed by atoms with van der Waals surface area (Å²) >= 11 is 0. The van der Waals surface area contributed by atoms with Crippen LogP contribution in [0.25, 0.3) is 0 Å². The molecule has 0 unspecified atom stereocenters. The van der Waals surface area contributed by atoms with E-state index in [4.69, 9.17) is 4.74 Å². The first kappa shape index (κ1) is 37.4. The molecule has 0 aromatic carbocycles. The van der Waals surface area contributed by atoms with Gasteiger partial charge in [0.15, 0.2) is 5.78 Å². The van der Waals surface area contributed by atoms with E-state index in [9.17, 15) is 4.79 Å². The second-order valence-corrected chi connectivity index (χ2v) is 12.2. The summed E-state index contributed by atoms with van der Waals surface area (Å²) in [5.41, 5.74) is 0.804. The second-order valence-electron chi connectivity index (χ2n) is 12.2. The first-order valence-electron chi connectivity index (χ1n) is 17.4. The smallest absolute Gasteiger partial charge is 0.155 e. The van der Waals surface area contributed by atoms with Crippen molar-refractivity contribution in [3.05, 3.63) is 12.2 Å². The van der Waals surface area contributed by atoms with Crippen LogP contribution in [0.15, 0.2) is 12.2 Å². The van der Waals surface area contributed by atoms with Gasteiger partial charge in [-0.05, 0) is 31.8 Å². The van der Waals surface area contributed by atoms with Crippen LogP contribution in [0.5, 0.6) is 0 Å². The highest BCUT2D eigenvalue weighted by atomic mass is 16.5. The average Bonchev–Trinajstić information content (AvgIpc) is 2.91. The summed E-state index contributed by atoms with van der Waals surface area (Å²) in [6.45, 7) is 6.41. The molecule has 0 amide bonds. The van der Waals surface area contributed by atoms with Gasteiger partial charge < -0.3 is 4.74 Å². The van der Waals surface area contributed by atoms with Crippen LogP contribution in [0, 0.1) is 0 Å². The van der Waals surface area contributed by atoms with E-state index in [1.807, 2.05) is 0 Å². The molecule has 2 nitrogen and oxygen atoms in total. The van der Waals surface area contributed by atoms with Crippen LogP contribution in [0.4, 0.5) is 0 Å². The highest BCUT2D eigenvalue weighted by Crippen LogP contribution is 2.17. The summed E-state index contributed by atoms with van der Waals surface area (Å²) < 4.78 is 5.11. The van der Waals surface area contributed by atoms with Gasteiger partial charge in [0.25, 0.3) is 0 Å². The third kappa shape index (κ3) is 31.6. The third-order valence-electron chi connectivity index (χ3n) is 8.32. The van der Waals surface area contributed by atoms with Crippen LogP contribution in [0.2, 0.25) is 0 Å². The zero-order valence-corrected chi connectivity index (χ0v) is 26.4. The SMILES string of the molecule is C=C(CCCCCCCCCCCCCCCCCCCCCCCCCCCCCCCOC)C(C)=O. The van der Waals surface area contributed by atoms with Gasteiger partial charge in [0.1, 0.15) is 0 Å². The molecular weight excluding hydrogens is 464 g/mol. The highest BCUT2D eigenvalue weighted by Gasteiger charge is 2.00. The van der Waals surface area contributed by atoms with Crippen LogP contribution in [0.3, 0.4) is 0 Å². The van der Waals surface area contributed by atoms with Crippen LogP contribution < -0.4 is 0 Å². The number of carbonyl (C=O) groups is 1. The summed E-state index contributed by atoms with van der Waals surface area (Å²) in [6.07, 6.45) is 41.9. The van der Waals surface area contributed by atoms with Crippen LogP contribution in [-0.4, -0.2) is 19.5 Å². The third-order valence-corrected chi connectivity index (χ3v) is 8.32. The largest absolute Gasteiger partial charge is 0.385 e. The Hall–Kier alpha value is -0.630. The fourth-order valence-corrected chi connectivity index (χ4v) is 5.53. The standard InChI is InChI=1S/C36H70O2/c1-35(36(2)37)33-31-29-27-25-23-21-19-17-15-13-11-9-7-5-4-6-8-10-12-14-16-18-20-22-24-26-28-30-32-34-38-3/h1,4-34H2,2-3H3. The van der Waals surface area contributed by atoms with Crippen molar-refractivity contribution < 1.29 is 9.53 Å². The van der Waals surface area contributed by atoms with Gasteiger partial charge >= 0.3 is 0 Å². The monoisotopic (exact) mass is 535 g/mol. The minimum Gasteiger partial charge on any atom is -0.385 e. The zero-order chi connectivity index (χ0) is 27.8. The Balaban J connectivity index is 3.06. The molecule has 0 spiro atoms. The van der Waals surface area contributed by atoms with E-state index in [0.29, 0.717) is 0 Å². The predicted molar refractivity (Wildman–Crippen MR) is 170 cm³/mol. The van der Waals surface area contributed by atoms with Gasteiger partial charge in [-0.25, -0.2) is 0 Å². The number of hydrogen-bond acceptors (Lipinski definition) is 2. The number of rotatable bonds is 33. The Bertz CT molecular complexity index is 484. The number of allylic oxidation sites excluding steroid dienone is 1. The molecule has 0 radical (unpaired) electrons. The molecule has 226 valence electrons. The lowest BCUT2D eigenvalue weighted by Crippen LogP contribution is -1.94. The van der Waals surface area contributed by atoms with E-state index < -0.39 is 0 Å². The molecule has 0 rings (SSSR count). The summed E-state index contributed by atoms with van der Waals surface area (Å²) in [6, 6.07) is 0. The molecule has 0 saturated heterocycles. The minimum atomic E-state index is 0.161. The van der Waals surface area contributed by atoms with Gasteiger partial charge in [0.05, 0.1) is 0 Å². The molecule has 0 aromatic rings. The number of methoxy groups -OCH3 is 1. The van der Waals surface area contributed by atoms with Crippen molar-refractivity contribution in [1.29, 1.82) is 0 Å². The van der Waals surface area contributed by atoms with E-state index in [2.05, 4.69) is 6.58 Å². The topological polar surface area (TPSA) is 26.3 Å².